The molecule has 0 saturated heterocycles. The van der Waals surface area contributed by atoms with Crippen LogP contribution in [0.4, 0.5) is 5.69 Å². The number of carbonyl (C=O) groups excluding carboxylic acids is 2. The molecule has 0 atom stereocenters. The average molecular weight is 317 g/mol. The molecule has 0 unspecified atom stereocenters. The number of rotatable bonds is 6. The van der Waals surface area contributed by atoms with Crippen LogP contribution in [0.3, 0.4) is 0 Å². The van der Waals surface area contributed by atoms with Crippen LogP contribution in [0.2, 0.25) is 5.02 Å². The summed E-state index contributed by atoms with van der Waals surface area (Å²) in [6.45, 7) is 0.270. The number of hydrogen-bond acceptors (Lipinski definition) is 2. The van der Waals surface area contributed by atoms with Crippen molar-refractivity contribution >= 4 is 29.1 Å². The minimum atomic E-state index is -0.430. The number of benzene rings is 2. The second-order valence-electron chi connectivity index (χ2n) is 4.90. The molecular formula is C17H17ClN2O2. The van der Waals surface area contributed by atoms with Crippen LogP contribution in [0, 0.1) is 0 Å². The Morgan fingerprint density at radius 3 is 2.23 bits per heavy atom. The van der Waals surface area contributed by atoms with Crippen LogP contribution in [0.15, 0.2) is 54.6 Å². The van der Waals surface area contributed by atoms with Crippen LogP contribution in [0.1, 0.15) is 12.0 Å². The smallest absolute Gasteiger partial charge is 0.231 e. The fraction of sp³-hybridized carbons (Fsp3) is 0.176. The minimum Gasteiger partial charge on any atom is -0.370 e. The topological polar surface area (TPSA) is 63.4 Å². The van der Waals surface area contributed by atoms with Gasteiger partial charge in [0.05, 0.1) is 6.42 Å². The number of para-hydroxylation sites is 1. The van der Waals surface area contributed by atoms with Gasteiger partial charge in [0.15, 0.2) is 0 Å². The van der Waals surface area contributed by atoms with Gasteiger partial charge in [-0.15, -0.1) is 0 Å². The molecule has 0 spiro atoms. The highest BCUT2D eigenvalue weighted by atomic mass is 35.5. The fourth-order valence-corrected chi connectivity index (χ4v) is 2.23. The number of hydrogen-bond donors (Lipinski definition) is 1. The van der Waals surface area contributed by atoms with Gasteiger partial charge in [-0.25, -0.2) is 0 Å². The molecule has 5 heteroatoms. The van der Waals surface area contributed by atoms with Crippen LogP contribution >= 0.6 is 11.6 Å². The van der Waals surface area contributed by atoms with E-state index in [-0.39, 0.29) is 25.3 Å². The molecule has 0 heterocycles. The number of carbonyl (C=O) groups is 2. The zero-order valence-electron chi connectivity index (χ0n) is 12.0. The molecule has 2 aromatic carbocycles. The van der Waals surface area contributed by atoms with Gasteiger partial charge in [-0.3, -0.25) is 9.59 Å². The molecule has 0 bridgehead atoms. The number of anilines is 1. The zero-order chi connectivity index (χ0) is 15.9. The second-order valence-corrected chi connectivity index (χ2v) is 5.34. The van der Waals surface area contributed by atoms with Gasteiger partial charge in [-0.05, 0) is 29.8 Å². The third-order valence-corrected chi connectivity index (χ3v) is 3.47. The van der Waals surface area contributed by atoms with Gasteiger partial charge in [0, 0.05) is 23.7 Å². The van der Waals surface area contributed by atoms with Crippen molar-refractivity contribution in [1.82, 2.24) is 0 Å². The Balaban J connectivity index is 2.14. The lowest BCUT2D eigenvalue weighted by Crippen LogP contribution is -2.35. The predicted molar refractivity (Wildman–Crippen MR) is 87.8 cm³/mol. The summed E-state index contributed by atoms with van der Waals surface area (Å²) in [6.07, 6.45) is 0.367. The Morgan fingerprint density at radius 2 is 1.64 bits per heavy atom. The van der Waals surface area contributed by atoms with E-state index >= 15 is 0 Å². The lowest BCUT2D eigenvalue weighted by Gasteiger charge is -2.22. The number of nitrogens with two attached hydrogens (primary N) is 1. The summed E-state index contributed by atoms with van der Waals surface area (Å²) >= 11 is 5.84. The normalized spacial score (nSPS) is 10.2. The van der Waals surface area contributed by atoms with Crippen molar-refractivity contribution in [2.24, 2.45) is 5.73 Å². The summed E-state index contributed by atoms with van der Waals surface area (Å²) in [5, 5.41) is 0.629. The van der Waals surface area contributed by atoms with Gasteiger partial charge in [-0.1, -0.05) is 41.9 Å². The molecule has 114 valence electrons. The maximum Gasteiger partial charge on any atom is 0.231 e. The SMILES string of the molecule is NC(=O)CCN(C(=O)Cc1ccc(Cl)cc1)c1ccccc1. The number of nitrogens with zero attached hydrogens (tertiary/aromatic N) is 1. The van der Waals surface area contributed by atoms with Crippen molar-refractivity contribution in [3.8, 4) is 0 Å². The second kappa shape index (κ2) is 7.61. The van der Waals surface area contributed by atoms with E-state index in [0.717, 1.165) is 11.3 Å². The van der Waals surface area contributed by atoms with E-state index in [0.29, 0.717) is 5.02 Å². The molecule has 0 aliphatic heterocycles. The van der Waals surface area contributed by atoms with E-state index < -0.39 is 5.91 Å². The van der Waals surface area contributed by atoms with Crippen LogP contribution in [0.25, 0.3) is 0 Å². The molecule has 2 N–H and O–H groups in total. The van der Waals surface area contributed by atoms with Gasteiger partial charge in [0.1, 0.15) is 0 Å². The van der Waals surface area contributed by atoms with Gasteiger partial charge >= 0.3 is 0 Å². The predicted octanol–water partition coefficient (Wildman–Crippen LogP) is 2.79. The monoisotopic (exact) mass is 316 g/mol. The fourth-order valence-electron chi connectivity index (χ4n) is 2.10. The van der Waals surface area contributed by atoms with Crippen LogP contribution in [0.5, 0.6) is 0 Å². The van der Waals surface area contributed by atoms with Gasteiger partial charge < -0.3 is 10.6 Å². The third-order valence-electron chi connectivity index (χ3n) is 3.22. The summed E-state index contributed by atoms with van der Waals surface area (Å²) in [5.74, 6) is -0.519. The largest absolute Gasteiger partial charge is 0.370 e. The molecule has 2 aromatic rings. The number of halogens is 1. The van der Waals surface area contributed by atoms with Crippen molar-refractivity contribution in [3.63, 3.8) is 0 Å². The molecular weight excluding hydrogens is 300 g/mol. The average Bonchev–Trinajstić information content (AvgIpc) is 2.50. The van der Waals surface area contributed by atoms with Crippen LogP contribution in [-0.2, 0) is 16.0 Å². The summed E-state index contributed by atoms with van der Waals surface area (Å²) in [7, 11) is 0. The van der Waals surface area contributed by atoms with E-state index in [4.69, 9.17) is 17.3 Å². The van der Waals surface area contributed by atoms with Crippen molar-refractivity contribution in [2.75, 3.05) is 11.4 Å². The summed E-state index contributed by atoms with van der Waals surface area (Å²) in [6, 6.07) is 16.4. The summed E-state index contributed by atoms with van der Waals surface area (Å²) < 4.78 is 0. The van der Waals surface area contributed by atoms with Crippen LogP contribution < -0.4 is 10.6 Å². The third kappa shape index (κ3) is 4.60. The first-order valence-corrected chi connectivity index (χ1v) is 7.32. The number of amides is 2. The molecule has 0 fully saturated rings. The molecule has 22 heavy (non-hydrogen) atoms. The molecule has 2 rings (SSSR count). The van der Waals surface area contributed by atoms with Crippen molar-refractivity contribution in [1.29, 1.82) is 0 Å². The van der Waals surface area contributed by atoms with E-state index in [9.17, 15) is 9.59 Å². The molecule has 0 aromatic heterocycles. The van der Waals surface area contributed by atoms with Crippen molar-refractivity contribution in [3.05, 3.63) is 65.2 Å². The van der Waals surface area contributed by atoms with Crippen molar-refractivity contribution < 1.29 is 9.59 Å². The van der Waals surface area contributed by atoms with Crippen LogP contribution in [-0.4, -0.2) is 18.4 Å². The first kappa shape index (κ1) is 16.0. The first-order valence-electron chi connectivity index (χ1n) is 6.94. The number of primary amides is 1. The van der Waals surface area contributed by atoms with Gasteiger partial charge in [-0.2, -0.15) is 0 Å². The summed E-state index contributed by atoms with van der Waals surface area (Å²) in [4.78, 5) is 25.2. The molecule has 0 aliphatic rings. The quantitative estimate of drug-likeness (QED) is 0.890. The standard InChI is InChI=1S/C17H17ClN2O2/c18-14-8-6-13(7-9-14)12-17(22)20(11-10-16(19)21)15-4-2-1-3-5-15/h1-9H,10-12H2,(H2,19,21). The Morgan fingerprint density at radius 1 is 1.00 bits per heavy atom. The first-order chi connectivity index (χ1) is 10.6. The Hall–Kier alpha value is -2.33. The minimum absolute atomic E-state index is 0.0882. The Bertz CT molecular complexity index is 641. The highest BCUT2D eigenvalue weighted by Crippen LogP contribution is 2.17. The highest BCUT2D eigenvalue weighted by molar-refractivity contribution is 6.30. The lowest BCUT2D eigenvalue weighted by atomic mass is 10.1. The molecule has 4 nitrogen and oxygen atoms in total. The molecule has 0 radical (unpaired) electrons. The zero-order valence-corrected chi connectivity index (χ0v) is 12.8. The lowest BCUT2D eigenvalue weighted by molar-refractivity contribution is -0.118. The molecule has 2 amide bonds. The maximum absolute atomic E-state index is 12.6. The highest BCUT2D eigenvalue weighted by Gasteiger charge is 2.16. The summed E-state index contributed by atoms with van der Waals surface area (Å²) in [5.41, 5.74) is 6.82. The Labute approximate surface area is 134 Å². The van der Waals surface area contributed by atoms with Gasteiger partial charge in [0.2, 0.25) is 11.8 Å². The molecule has 0 saturated carbocycles. The van der Waals surface area contributed by atoms with E-state index in [1.165, 1.54) is 0 Å². The van der Waals surface area contributed by atoms with Gasteiger partial charge in [0.25, 0.3) is 0 Å². The van der Waals surface area contributed by atoms with E-state index in [2.05, 4.69) is 0 Å². The van der Waals surface area contributed by atoms with E-state index in [1.807, 2.05) is 42.5 Å². The Kier molecular flexibility index (Phi) is 5.55. The maximum atomic E-state index is 12.6. The molecule has 0 aliphatic carbocycles. The van der Waals surface area contributed by atoms with E-state index in [1.54, 1.807) is 17.0 Å². The van der Waals surface area contributed by atoms with Crippen molar-refractivity contribution in [2.45, 2.75) is 12.8 Å².